The Bertz CT molecular complexity index is 1230. The first-order valence-electron chi connectivity index (χ1n) is 9.42. The minimum Gasteiger partial charge on any atom is -0.446 e. The maximum absolute atomic E-state index is 9.37. The monoisotopic (exact) mass is 372 g/mol. The van der Waals surface area contributed by atoms with Gasteiger partial charge in [-0.05, 0) is 45.1 Å². The Morgan fingerprint density at radius 2 is 2.14 bits per heavy atom. The first-order chi connectivity index (χ1) is 13.6. The quantitative estimate of drug-likeness (QED) is 0.549. The zero-order chi connectivity index (χ0) is 19.3. The predicted octanol–water partition coefficient (Wildman–Crippen LogP) is 3.22. The third-order valence-electron chi connectivity index (χ3n) is 5.43. The summed E-state index contributed by atoms with van der Waals surface area (Å²) < 4.78 is 8.04. The van der Waals surface area contributed by atoms with Gasteiger partial charge in [0.15, 0.2) is 0 Å². The fourth-order valence-corrected chi connectivity index (χ4v) is 4.15. The average Bonchev–Trinajstić information content (AvgIpc) is 3.39. The summed E-state index contributed by atoms with van der Waals surface area (Å²) in [6.07, 6.45) is 5.15. The lowest BCUT2D eigenvalue weighted by molar-refractivity contribution is 0.391. The summed E-state index contributed by atoms with van der Waals surface area (Å²) in [5.74, 6) is 2.38. The topological polar surface area (TPSA) is 83.8 Å². The van der Waals surface area contributed by atoms with Gasteiger partial charge in [-0.15, -0.1) is 0 Å². The van der Waals surface area contributed by atoms with Crippen molar-refractivity contribution in [3.05, 3.63) is 53.6 Å². The van der Waals surface area contributed by atoms with Gasteiger partial charge < -0.3 is 13.9 Å². The number of imidazole rings is 1. The molecule has 0 amide bonds. The molecule has 7 nitrogen and oxygen atoms in total. The second kappa shape index (κ2) is 6.43. The van der Waals surface area contributed by atoms with E-state index in [1.807, 2.05) is 31.3 Å². The molecule has 0 aliphatic carbocycles. The summed E-state index contributed by atoms with van der Waals surface area (Å²) in [5.41, 5.74) is 3.39. The van der Waals surface area contributed by atoms with Crippen molar-refractivity contribution >= 4 is 21.9 Å². The SMILES string of the molecule is Cc1cnc(Cc2nc3cnc4ccc(C#N)cc4c3n2C2CCN(C)C2)o1. The normalized spacial score (nSPS) is 17.5. The van der Waals surface area contributed by atoms with Gasteiger partial charge >= 0.3 is 0 Å². The fraction of sp³-hybridized carbons (Fsp3) is 0.333. The van der Waals surface area contributed by atoms with E-state index >= 15 is 0 Å². The van der Waals surface area contributed by atoms with Crippen LogP contribution in [0.3, 0.4) is 0 Å². The number of likely N-dealkylation sites (N-methyl/N-ethyl adjacent to an activating group) is 1. The van der Waals surface area contributed by atoms with Gasteiger partial charge in [0.05, 0.1) is 41.5 Å². The van der Waals surface area contributed by atoms with Crippen molar-refractivity contribution in [3.63, 3.8) is 0 Å². The summed E-state index contributed by atoms with van der Waals surface area (Å²) in [6, 6.07) is 8.19. The fourth-order valence-electron chi connectivity index (χ4n) is 4.15. The zero-order valence-corrected chi connectivity index (χ0v) is 15.9. The number of pyridine rings is 1. The van der Waals surface area contributed by atoms with Crippen molar-refractivity contribution < 1.29 is 4.42 Å². The molecular formula is C21H20N6O. The van der Waals surface area contributed by atoms with Gasteiger partial charge in [0.1, 0.15) is 17.1 Å². The summed E-state index contributed by atoms with van der Waals surface area (Å²) in [5, 5.41) is 10.3. The van der Waals surface area contributed by atoms with Crippen LogP contribution in [-0.4, -0.2) is 44.6 Å². The molecular weight excluding hydrogens is 352 g/mol. The van der Waals surface area contributed by atoms with Gasteiger partial charge in [-0.3, -0.25) is 4.98 Å². The Balaban J connectivity index is 1.76. The molecule has 1 unspecified atom stereocenters. The highest BCUT2D eigenvalue weighted by atomic mass is 16.4. The highest BCUT2D eigenvalue weighted by Gasteiger charge is 2.27. The maximum atomic E-state index is 9.37. The molecule has 1 atom stereocenters. The number of hydrogen-bond donors (Lipinski definition) is 0. The van der Waals surface area contributed by atoms with Crippen LogP contribution >= 0.6 is 0 Å². The van der Waals surface area contributed by atoms with Crippen molar-refractivity contribution in [2.45, 2.75) is 25.8 Å². The molecule has 5 rings (SSSR count). The van der Waals surface area contributed by atoms with E-state index < -0.39 is 0 Å². The molecule has 3 aromatic heterocycles. The van der Waals surface area contributed by atoms with Crippen LogP contribution in [0, 0.1) is 18.3 Å². The molecule has 1 aliphatic rings. The number of nitrogens with zero attached hydrogens (tertiary/aromatic N) is 6. The number of fused-ring (bicyclic) bond motifs is 3. The molecule has 1 aromatic carbocycles. The van der Waals surface area contributed by atoms with Crippen LogP contribution in [0.5, 0.6) is 0 Å². The molecule has 0 spiro atoms. The van der Waals surface area contributed by atoms with Crippen LogP contribution in [0.15, 0.2) is 35.0 Å². The van der Waals surface area contributed by atoms with E-state index in [0.717, 1.165) is 53.0 Å². The van der Waals surface area contributed by atoms with Gasteiger partial charge in [-0.25, -0.2) is 9.97 Å². The summed E-state index contributed by atoms with van der Waals surface area (Å²) in [6.45, 7) is 3.91. The predicted molar refractivity (Wildman–Crippen MR) is 105 cm³/mol. The van der Waals surface area contributed by atoms with Gasteiger partial charge in [0.25, 0.3) is 0 Å². The molecule has 1 saturated heterocycles. The number of aromatic nitrogens is 4. The minimum absolute atomic E-state index is 0.317. The molecule has 0 saturated carbocycles. The molecule has 0 N–H and O–H groups in total. The van der Waals surface area contributed by atoms with Crippen molar-refractivity contribution in [2.75, 3.05) is 20.1 Å². The van der Waals surface area contributed by atoms with Crippen LogP contribution in [0.25, 0.3) is 21.9 Å². The lowest BCUT2D eigenvalue weighted by atomic mass is 10.1. The molecule has 0 radical (unpaired) electrons. The van der Waals surface area contributed by atoms with Crippen LogP contribution < -0.4 is 0 Å². The highest BCUT2D eigenvalue weighted by molar-refractivity contribution is 6.02. The van der Waals surface area contributed by atoms with E-state index in [-0.39, 0.29) is 0 Å². The number of hydrogen-bond acceptors (Lipinski definition) is 6. The smallest absolute Gasteiger partial charge is 0.201 e. The summed E-state index contributed by atoms with van der Waals surface area (Å²) in [7, 11) is 2.14. The number of oxazole rings is 1. The van der Waals surface area contributed by atoms with Crippen LogP contribution in [0.1, 0.15) is 35.5 Å². The molecule has 0 bridgehead atoms. The molecule has 4 heterocycles. The lowest BCUT2D eigenvalue weighted by Gasteiger charge is -2.17. The Morgan fingerprint density at radius 3 is 2.86 bits per heavy atom. The van der Waals surface area contributed by atoms with E-state index in [1.54, 1.807) is 6.20 Å². The van der Waals surface area contributed by atoms with Crippen molar-refractivity contribution in [1.82, 2.24) is 24.4 Å². The molecule has 4 aromatic rings. The van der Waals surface area contributed by atoms with E-state index in [1.165, 1.54) is 0 Å². The van der Waals surface area contributed by atoms with E-state index in [9.17, 15) is 5.26 Å². The van der Waals surface area contributed by atoms with Crippen LogP contribution in [-0.2, 0) is 6.42 Å². The number of benzene rings is 1. The first-order valence-corrected chi connectivity index (χ1v) is 9.42. The van der Waals surface area contributed by atoms with Crippen LogP contribution in [0.2, 0.25) is 0 Å². The lowest BCUT2D eigenvalue weighted by Crippen LogP contribution is -2.18. The molecule has 1 fully saturated rings. The molecule has 7 heteroatoms. The third kappa shape index (κ3) is 2.74. The highest BCUT2D eigenvalue weighted by Crippen LogP contribution is 2.32. The van der Waals surface area contributed by atoms with Crippen molar-refractivity contribution in [2.24, 2.45) is 0 Å². The van der Waals surface area contributed by atoms with E-state index in [0.29, 0.717) is 23.9 Å². The number of aryl methyl sites for hydroxylation is 1. The Labute approximate surface area is 162 Å². The first kappa shape index (κ1) is 16.9. The number of nitriles is 1. The Kier molecular flexibility index (Phi) is 3.88. The largest absolute Gasteiger partial charge is 0.446 e. The second-order valence-corrected chi connectivity index (χ2v) is 7.48. The molecule has 140 valence electrons. The second-order valence-electron chi connectivity index (χ2n) is 7.48. The summed E-state index contributed by atoms with van der Waals surface area (Å²) in [4.78, 5) is 16.1. The maximum Gasteiger partial charge on any atom is 0.201 e. The van der Waals surface area contributed by atoms with Crippen LogP contribution in [0.4, 0.5) is 0 Å². The Morgan fingerprint density at radius 1 is 1.25 bits per heavy atom. The standard InChI is InChI=1S/C21H20N6O/c1-13-10-24-20(28-13)8-19-25-18-11-23-17-4-3-14(9-22)7-16(17)21(18)27(19)15-5-6-26(2)12-15/h3-4,7,10-11,15H,5-6,8,12H2,1-2H3. The minimum atomic E-state index is 0.317. The van der Waals surface area contributed by atoms with Gasteiger partial charge in [-0.1, -0.05) is 0 Å². The van der Waals surface area contributed by atoms with Crippen molar-refractivity contribution in [1.29, 1.82) is 5.26 Å². The zero-order valence-electron chi connectivity index (χ0n) is 15.9. The van der Waals surface area contributed by atoms with E-state index in [2.05, 4.69) is 32.6 Å². The average molecular weight is 372 g/mol. The van der Waals surface area contributed by atoms with Gasteiger partial charge in [0, 0.05) is 18.0 Å². The van der Waals surface area contributed by atoms with Gasteiger partial charge in [-0.2, -0.15) is 5.26 Å². The Hall–Kier alpha value is -3.24. The summed E-state index contributed by atoms with van der Waals surface area (Å²) >= 11 is 0. The van der Waals surface area contributed by atoms with E-state index in [4.69, 9.17) is 9.40 Å². The molecule has 1 aliphatic heterocycles. The third-order valence-corrected chi connectivity index (χ3v) is 5.43. The number of likely N-dealkylation sites (tertiary alicyclic amines) is 1. The number of rotatable bonds is 3. The van der Waals surface area contributed by atoms with Gasteiger partial charge in [0.2, 0.25) is 5.89 Å². The van der Waals surface area contributed by atoms with Crippen molar-refractivity contribution in [3.8, 4) is 6.07 Å². The molecule has 28 heavy (non-hydrogen) atoms.